The summed E-state index contributed by atoms with van der Waals surface area (Å²) in [7, 11) is 0. The Balaban J connectivity index is 1.40. The first kappa shape index (κ1) is 26.4. The molecule has 206 valence electrons. The molecule has 6 rings (SSSR count). The van der Waals surface area contributed by atoms with Crippen LogP contribution in [0.15, 0.2) is 28.0 Å². The minimum Gasteiger partial charge on any atom is -0.482 e. The van der Waals surface area contributed by atoms with E-state index in [0.717, 1.165) is 26.1 Å². The lowest BCUT2D eigenvalue weighted by molar-refractivity contribution is -0.146. The van der Waals surface area contributed by atoms with Gasteiger partial charge in [0, 0.05) is 33.2 Å². The van der Waals surface area contributed by atoms with Crippen molar-refractivity contribution in [3.8, 4) is 5.75 Å². The Bertz CT molecular complexity index is 1440. The number of carboxylic acid groups (broad SMARTS) is 1. The average Bonchev–Trinajstić information content (AvgIpc) is 3.61. The maximum Gasteiger partial charge on any atom is 0.344 e. The topological polar surface area (TPSA) is 143 Å². The highest BCUT2D eigenvalue weighted by Crippen LogP contribution is 2.69. The summed E-state index contributed by atoms with van der Waals surface area (Å²) in [4.78, 5) is 67.2. The lowest BCUT2D eigenvalue weighted by Crippen LogP contribution is -2.42. The Morgan fingerprint density at radius 3 is 2.64 bits per heavy atom. The number of H-pyrrole nitrogens is 1. The number of esters is 1. The number of nitrogens with one attached hydrogen (secondary N) is 1. The minimum absolute atomic E-state index is 0.0490. The third kappa shape index (κ3) is 4.27. The predicted molar refractivity (Wildman–Crippen MR) is 141 cm³/mol. The van der Waals surface area contributed by atoms with E-state index in [2.05, 4.69) is 4.98 Å². The third-order valence-corrected chi connectivity index (χ3v) is 11.1. The molecule has 1 aromatic carbocycles. The first-order valence-corrected chi connectivity index (χ1v) is 14.8. The van der Waals surface area contributed by atoms with E-state index in [-0.39, 0.29) is 71.8 Å². The van der Waals surface area contributed by atoms with Gasteiger partial charge in [-0.1, -0.05) is 22.9 Å². The number of aliphatic carboxylic acids is 1. The maximum absolute atomic E-state index is 13.5. The van der Waals surface area contributed by atoms with E-state index in [0.29, 0.717) is 22.8 Å². The Hall–Kier alpha value is -2.83. The van der Waals surface area contributed by atoms with E-state index in [9.17, 15) is 24.0 Å². The zero-order valence-corrected chi connectivity index (χ0v) is 23.1. The van der Waals surface area contributed by atoms with Gasteiger partial charge in [-0.3, -0.25) is 24.1 Å². The van der Waals surface area contributed by atoms with Crippen LogP contribution in [0.3, 0.4) is 0 Å². The van der Waals surface area contributed by atoms with Crippen LogP contribution in [-0.2, 0) is 23.9 Å². The molecule has 6 unspecified atom stereocenters. The molecule has 2 saturated carbocycles. The average molecular weight is 593 g/mol. The van der Waals surface area contributed by atoms with Gasteiger partial charge in [-0.25, -0.2) is 4.79 Å². The van der Waals surface area contributed by atoms with Gasteiger partial charge in [0.2, 0.25) is 11.8 Å². The van der Waals surface area contributed by atoms with E-state index in [1.54, 1.807) is 36.9 Å². The van der Waals surface area contributed by atoms with Crippen molar-refractivity contribution in [3.63, 3.8) is 0 Å². The number of carboxylic acids is 1. The van der Waals surface area contributed by atoms with E-state index in [1.807, 2.05) is 0 Å². The summed E-state index contributed by atoms with van der Waals surface area (Å²) in [6, 6.07) is 5.13. The molecule has 2 aromatic rings. The summed E-state index contributed by atoms with van der Waals surface area (Å²) in [6.45, 7) is 1.51. The van der Waals surface area contributed by atoms with Gasteiger partial charge in [0.05, 0.1) is 29.9 Å². The van der Waals surface area contributed by atoms with Crippen LogP contribution in [0.4, 0.5) is 0 Å². The Kier molecular flexibility index (Phi) is 6.75. The summed E-state index contributed by atoms with van der Waals surface area (Å²) in [5.74, 6) is -3.44. The number of halogens is 1. The van der Waals surface area contributed by atoms with Crippen molar-refractivity contribution < 1.29 is 33.8 Å². The fraction of sp³-hybridized carbons (Fsp3) is 0.500. The first-order valence-electron chi connectivity index (χ1n) is 12.7. The molecule has 7 atom stereocenters. The number of fused-ring (bicyclic) bond motifs is 9. The second-order valence-electron chi connectivity index (χ2n) is 10.2. The van der Waals surface area contributed by atoms with Gasteiger partial charge in [-0.05, 0) is 49.3 Å². The fourth-order valence-corrected chi connectivity index (χ4v) is 10.1. The smallest absolute Gasteiger partial charge is 0.344 e. The molecule has 1 aromatic heterocycles. The van der Waals surface area contributed by atoms with Gasteiger partial charge in [-0.15, -0.1) is 11.8 Å². The molecule has 0 radical (unpaired) electrons. The molecule has 4 aliphatic rings. The van der Waals surface area contributed by atoms with E-state index >= 15 is 0 Å². The number of thiazole rings is 1. The highest BCUT2D eigenvalue weighted by Gasteiger charge is 2.69. The Morgan fingerprint density at radius 1 is 1.18 bits per heavy atom. The van der Waals surface area contributed by atoms with Gasteiger partial charge in [0.1, 0.15) is 5.75 Å². The highest BCUT2D eigenvalue weighted by molar-refractivity contribution is 8.00. The normalized spacial score (nSPS) is 30.2. The quantitative estimate of drug-likeness (QED) is 0.349. The van der Waals surface area contributed by atoms with Crippen LogP contribution < -0.4 is 9.61 Å². The third-order valence-electron chi connectivity index (χ3n) is 8.32. The molecule has 0 spiro atoms. The number of ether oxygens (including phenoxy) is 2. The van der Waals surface area contributed by atoms with E-state index in [4.69, 9.17) is 26.2 Å². The molecule has 2 aliphatic carbocycles. The van der Waals surface area contributed by atoms with Crippen LogP contribution in [0.5, 0.6) is 5.75 Å². The van der Waals surface area contributed by atoms with Gasteiger partial charge < -0.3 is 19.6 Å². The molecule has 2 N–H and O–H groups in total. The number of imide groups is 1. The number of nitrogens with zero attached hydrogens (tertiary/aromatic N) is 1. The number of aromatic nitrogens is 1. The van der Waals surface area contributed by atoms with Crippen LogP contribution in [0.2, 0.25) is 5.02 Å². The van der Waals surface area contributed by atoms with E-state index < -0.39 is 23.8 Å². The van der Waals surface area contributed by atoms with Gasteiger partial charge >= 0.3 is 16.8 Å². The Morgan fingerprint density at radius 2 is 1.92 bits per heavy atom. The van der Waals surface area contributed by atoms with Crippen molar-refractivity contribution in [3.05, 3.63) is 43.3 Å². The molecule has 3 fully saturated rings. The Labute approximate surface area is 236 Å². The number of rotatable bonds is 8. The zero-order chi connectivity index (χ0) is 27.6. The van der Waals surface area contributed by atoms with Gasteiger partial charge in [-0.2, -0.15) is 0 Å². The SMILES string of the molecule is CCOC(=O)COc1ccc(Cl)cc1[C@H]1c2sc(=O)[nH]c2SC2C3CC(C4C(=O)N(CCC(=O)O)C(=O)C34)C21. The molecule has 2 bridgehead atoms. The van der Waals surface area contributed by atoms with Crippen molar-refractivity contribution in [2.45, 2.75) is 36.0 Å². The van der Waals surface area contributed by atoms with Crippen LogP contribution in [0.1, 0.15) is 36.1 Å². The van der Waals surface area contributed by atoms with Crippen LogP contribution >= 0.6 is 34.7 Å². The standard InChI is InChI=1S/C26H25ClN2O8S2/c1-2-36-16(32)9-37-14-4-3-10(27)7-11(14)17-18-12-8-13(21(18)38-23-22(17)39-26(35)28-23)20-19(12)24(33)29(25(20)34)6-5-15(30)31/h3-4,7,12-13,17-21H,2,5-6,8-9H2,1H3,(H,28,35)(H,30,31)/t12?,13?,17-,18?,19?,20?,21?/m1/s1. The number of carbonyl (C=O) groups is 4. The summed E-state index contributed by atoms with van der Waals surface area (Å²) in [6.07, 6.45) is 0.399. The molecule has 1 saturated heterocycles. The highest BCUT2D eigenvalue weighted by atomic mass is 35.5. The number of aromatic amines is 1. The van der Waals surface area contributed by atoms with Crippen molar-refractivity contribution >= 4 is 58.5 Å². The lowest BCUT2D eigenvalue weighted by Gasteiger charge is -2.43. The van der Waals surface area contributed by atoms with Gasteiger partial charge in [0.15, 0.2) is 6.61 Å². The summed E-state index contributed by atoms with van der Waals surface area (Å²) < 4.78 is 10.9. The van der Waals surface area contributed by atoms with Crippen LogP contribution in [0.25, 0.3) is 0 Å². The van der Waals surface area contributed by atoms with Crippen molar-refractivity contribution in [2.75, 3.05) is 19.8 Å². The summed E-state index contributed by atoms with van der Waals surface area (Å²) in [5, 5.41) is 10.3. The number of carbonyl (C=O) groups excluding carboxylic acids is 3. The van der Waals surface area contributed by atoms with Crippen molar-refractivity contribution in [1.82, 2.24) is 9.88 Å². The summed E-state index contributed by atoms with van der Waals surface area (Å²) >= 11 is 9.09. The zero-order valence-electron chi connectivity index (χ0n) is 20.8. The maximum atomic E-state index is 13.5. The fourth-order valence-electron chi connectivity index (χ4n) is 7.09. The second kappa shape index (κ2) is 9.97. The number of hydrogen-bond acceptors (Lipinski definition) is 9. The number of hydrogen-bond donors (Lipinski definition) is 2. The molecule has 3 heterocycles. The second-order valence-corrected chi connectivity index (χ2v) is 12.8. The monoisotopic (exact) mass is 592 g/mol. The molecule has 2 aliphatic heterocycles. The number of amides is 2. The molecular formula is C26H25ClN2O8S2. The lowest BCUT2D eigenvalue weighted by atomic mass is 9.68. The number of benzene rings is 1. The van der Waals surface area contributed by atoms with Crippen molar-refractivity contribution in [2.24, 2.45) is 29.6 Å². The predicted octanol–water partition coefficient (Wildman–Crippen LogP) is 2.98. The van der Waals surface area contributed by atoms with Crippen LogP contribution in [-0.4, -0.2) is 63.8 Å². The molecule has 2 amide bonds. The van der Waals surface area contributed by atoms with Gasteiger partial charge in [0.25, 0.3) is 0 Å². The largest absolute Gasteiger partial charge is 0.482 e. The minimum atomic E-state index is -1.07. The molecule has 10 nitrogen and oxygen atoms in total. The van der Waals surface area contributed by atoms with Crippen molar-refractivity contribution in [1.29, 1.82) is 0 Å². The number of thioether (sulfide) groups is 1. The molecule has 39 heavy (non-hydrogen) atoms. The first-order chi connectivity index (χ1) is 18.7. The number of likely N-dealkylation sites (tertiary alicyclic amines) is 1. The molecule has 13 heteroatoms. The van der Waals surface area contributed by atoms with Crippen LogP contribution in [0, 0.1) is 29.6 Å². The summed E-state index contributed by atoms with van der Waals surface area (Å²) in [5.41, 5.74) is 0.710. The molecular weight excluding hydrogens is 568 g/mol. The van der Waals surface area contributed by atoms with E-state index in [1.165, 1.54) is 0 Å².